The predicted molar refractivity (Wildman–Crippen MR) is 342 cm³/mol. The molecule has 4 aromatic carbocycles. The Morgan fingerprint density at radius 3 is 0.494 bits per heavy atom. The summed E-state index contributed by atoms with van der Waals surface area (Å²) in [5.41, 5.74) is -1.26. The van der Waals surface area contributed by atoms with Crippen molar-refractivity contribution in [3.63, 3.8) is 0 Å². The van der Waals surface area contributed by atoms with E-state index in [1.807, 2.05) is 215 Å². The highest BCUT2D eigenvalue weighted by molar-refractivity contribution is 5.76. The number of methoxy groups -OCH3 is 4. The summed E-state index contributed by atoms with van der Waals surface area (Å²) < 4.78 is 23.4. The second-order valence-electron chi connectivity index (χ2n) is 32.2. The smallest absolute Gasteiger partial charge is 0.306 e. The molecule has 472 valence electrons. The van der Waals surface area contributed by atoms with E-state index in [0.29, 0.717) is 66.8 Å². The van der Waals surface area contributed by atoms with Crippen molar-refractivity contribution in [1.29, 1.82) is 0 Å². The van der Waals surface area contributed by atoms with Crippen molar-refractivity contribution in [1.82, 2.24) is 0 Å². The quantitative estimate of drug-likeness (QED) is 0.0615. The van der Waals surface area contributed by atoms with Crippen LogP contribution in [0.15, 0.2) is 48.5 Å². The van der Waals surface area contributed by atoms with Gasteiger partial charge in [0.15, 0.2) is 0 Å². The van der Waals surface area contributed by atoms with Gasteiger partial charge in [0.25, 0.3) is 0 Å². The predicted octanol–water partition coefficient (Wildman–Crippen LogP) is 16.6. The molecule has 4 N–H and O–H groups in total. The van der Waals surface area contributed by atoms with Crippen LogP contribution < -0.4 is 0 Å². The lowest BCUT2D eigenvalue weighted by Gasteiger charge is -2.56. The van der Waals surface area contributed by atoms with E-state index in [2.05, 4.69) is 0 Å². The summed E-state index contributed by atoms with van der Waals surface area (Å²) in [5, 5.41) is 50.7. The molecule has 4 aromatic rings. The molecule has 4 unspecified atom stereocenters. The van der Waals surface area contributed by atoms with Crippen LogP contribution in [0.4, 0.5) is 0 Å². The fraction of sp³-hybridized carbons (Fsp3) is 0.616. The van der Waals surface area contributed by atoms with E-state index in [9.17, 15) is 20.4 Å². The Kier molecular flexibility index (Phi) is 21.0. The molecule has 0 saturated carbocycles. The van der Waals surface area contributed by atoms with Crippen LogP contribution in [-0.4, -0.2) is 72.7 Å². The Bertz CT molecular complexity index is 2540. The maximum Gasteiger partial charge on any atom is 0.306 e. The van der Waals surface area contributed by atoms with Crippen LogP contribution in [0.2, 0.25) is 0 Å². The molecule has 0 aliphatic rings. The van der Waals surface area contributed by atoms with Crippen LogP contribution in [-0.2, 0) is 81.4 Å². The number of hydrogen-bond acceptors (Lipinski definition) is 12. The van der Waals surface area contributed by atoms with E-state index in [4.69, 9.17) is 18.9 Å². The van der Waals surface area contributed by atoms with Crippen molar-refractivity contribution in [2.24, 2.45) is 5.41 Å². The first-order chi connectivity index (χ1) is 38.3. The lowest BCUT2D eigenvalue weighted by Crippen LogP contribution is -2.49. The second kappa shape index (κ2) is 25.0. The van der Waals surface area contributed by atoms with Crippen LogP contribution in [0.5, 0.6) is 23.0 Å². The molecule has 0 aliphatic carbocycles. The summed E-state index contributed by atoms with van der Waals surface area (Å²) in [6.45, 7) is 47.9. The van der Waals surface area contributed by atoms with Crippen molar-refractivity contribution < 1.29 is 58.6 Å². The number of rotatable bonds is 16. The molecule has 0 heterocycles. The van der Waals surface area contributed by atoms with E-state index in [0.717, 1.165) is 0 Å². The van der Waals surface area contributed by atoms with Gasteiger partial charge in [0.2, 0.25) is 0 Å². The minimum Gasteiger partial charge on any atom is -0.507 e. The van der Waals surface area contributed by atoms with Crippen molar-refractivity contribution in [2.75, 3.05) is 28.4 Å². The van der Waals surface area contributed by atoms with Crippen LogP contribution in [0.1, 0.15) is 282 Å². The summed E-state index contributed by atoms with van der Waals surface area (Å²) in [4.78, 5) is 61.5. The van der Waals surface area contributed by atoms with Crippen LogP contribution in [0, 0.1) is 5.41 Å². The van der Waals surface area contributed by atoms with E-state index >= 15 is 19.2 Å². The van der Waals surface area contributed by atoms with Gasteiger partial charge in [-0.25, -0.2) is 0 Å². The Morgan fingerprint density at radius 1 is 0.282 bits per heavy atom. The van der Waals surface area contributed by atoms with Crippen molar-refractivity contribution in [2.45, 2.75) is 259 Å². The average molecular weight is 1180 g/mol. The third-order valence-electron chi connectivity index (χ3n) is 17.4. The zero-order valence-corrected chi connectivity index (χ0v) is 57.3. The van der Waals surface area contributed by atoms with Gasteiger partial charge in [-0.2, -0.15) is 0 Å². The summed E-state index contributed by atoms with van der Waals surface area (Å²) in [7, 11) is 5.24. The maximum absolute atomic E-state index is 15.4. The number of esters is 4. The van der Waals surface area contributed by atoms with Gasteiger partial charge < -0.3 is 39.4 Å². The largest absolute Gasteiger partial charge is 0.507 e. The van der Waals surface area contributed by atoms with Crippen molar-refractivity contribution in [3.8, 4) is 23.0 Å². The number of hydrogen-bond donors (Lipinski definition) is 4. The van der Waals surface area contributed by atoms with Gasteiger partial charge in [0.05, 0.1) is 54.1 Å². The monoisotopic (exact) mass is 1180 g/mol. The van der Waals surface area contributed by atoms with Crippen LogP contribution in [0.25, 0.3) is 0 Å². The zero-order valence-electron chi connectivity index (χ0n) is 57.3. The summed E-state index contributed by atoms with van der Waals surface area (Å²) >= 11 is 0. The molecule has 0 spiro atoms. The second-order valence-corrected chi connectivity index (χ2v) is 32.2. The number of carbonyl (C=O) groups excluding carboxylic acids is 4. The maximum atomic E-state index is 15.4. The van der Waals surface area contributed by atoms with Crippen molar-refractivity contribution >= 4 is 23.9 Å². The number of carbonyl (C=O) groups is 4. The zero-order chi connectivity index (χ0) is 65.7. The highest BCUT2D eigenvalue weighted by Crippen LogP contribution is 2.69. The van der Waals surface area contributed by atoms with E-state index in [1.165, 1.54) is 28.4 Å². The molecular formula is C73H108O12. The normalized spacial score (nSPS) is 15.3. The van der Waals surface area contributed by atoms with Gasteiger partial charge in [0.1, 0.15) is 23.0 Å². The molecule has 4 atom stereocenters. The van der Waals surface area contributed by atoms with Crippen LogP contribution in [0.3, 0.4) is 0 Å². The molecular weight excluding hydrogens is 1070 g/mol. The first-order valence-electron chi connectivity index (χ1n) is 30.1. The molecule has 85 heavy (non-hydrogen) atoms. The lowest BCUT2D eigenvalue weighted by atomic mass is 9.45. The summed E-state index contributed by atoms with van der Waals surface area (Å²) in [6.07, 6.45) is -1.70. The van der Waals surface area contributed by atoms with E-state index in [-0.39, 0.29) is 23.0 Å². The summed E-state index contributed by atoms with van der Waals surface area (Å²) in [6, 6.07) is 15.3. The SMILES string of the molecule is COC(=O)CC(c1cc(C(C)(C)C)c(O)c(C(C)(C)C)c1)C(C(CC(=O)OC)c1cc(C(C)(C)C)c(O)c(C(C)(C)C)c1)(C(CC(=O)OC)c1cc(C(C)(C)C)c(O)c(C(C)(C)C)c1)C(CC(=O)OC)c1cc(C(C)(C)C)c(O)c(C(C)(C)C)c1. The van der Waals surface area contributed by atoms with Crippen LogP contribution >= 0.6 is 0 Å². The van der Waals surface area contributed by atoms with E-state index in [1.54, 1.807) is 0 Å². The Labute approximate surface area is 511 Å². The standard InChI is InChI=1S/C73H108O12/c1-65(2,3)49-29-41(30-50(61(49)78)66(4,5)6)45(37-57(74)82-25)73(46(38-58(75)83-26)42-31-51(67(7,8)9)62(79)52(32-42)68(10,11)12,47(39-59(76)84-27)43-33-53(69(13,14)15)63(80)54(34-43)70(16,17)18)48(40-60(77)85-28)44-35-55(71(19,20)21)64(81)56(36-44)72(22,23)24/h29-36,45-48,78-81H,37-40H2,1-28H3. The molecule has 0 amide bonds. The molecule has 0 aliphatic heterocycles. The molecule has 12 nitrogen and oxygen atoms in total. The Balaban J connectivity index is 2.97. The molecule has 12 heteroatoms. The summed E-state index contributed by atoms with van der Waals surface area (Å²) in [5.74, 6) is -7.29. The number of phenols is 4. The topological polar surface area (TPSA) is 186 Å². The first kappa shape index (κ1) is 71.4. The molecule has 0 aromatic heterocycles. The number of phenolic OH excluding ortho intramolecular Hbond substituents is 4. The molecule has 4 rings (SSSR count). The molecule has 0 bridgehead atoms. The van der Waals surface area contributed by atoms with Gasteiger partial charge in [-0.15, -0.1) is 0 Å². The third-order valence-corrected chi connectivity index (χ3v) is 17.4. The lowest BCUT2D eigenvalue weighted by molar-refractivity contribution is -0.145. The average Bonchev–Trinajstić information content (AvgIpc) is 0.764. The van der Waals surface area contributed by atoms with Crippen molar-refractivity contribution in [3.05, 3.63) is 115 Å². The Morgan fingerprint density at radius 2 is 0.400 bits per heavy atom. The number of aromatic hydroxyl groups is 4. The van der Waals surface area contributed by atoms with Gasteiger partial charge in [0, 0.05) is 23.7 Å². The fourth-order valence-electron chi connectivity index (χ4n) is 12.8. The highest BCUT2D eigenvalue weighted by Gasteiger charge is 2.60. The number of benzene rings is 4. The number of ether oxygens (including phenoxy) is 4. The Hall–Kier alpha value is -6.04. The van der Waals surface area contributed by atoms with E-state index < -0.39 is 122 Å². The minimum atomic E-state index is -1.91. The van der Waals surface area contributed by atoms with Gasteiger partial charge in [-0.05, 0) is 115 Å². The first-order valence-corrected chi connectivity index (χ1v) is 30.1. The fourth-order valence-corrected chi connectivity index (χ4v) is 12.8. The third kappa shape index (κ3) is 15.6. The molecule has 0 fully saturated rings. The van der Waals surface area contributed by atoms with Gasteiger partial charge in [-0.3, -0.25) is 19.2 Å². The molecule has 0 radical (unpaired) electrons. The molecule has 0 saturated heterocycles. The van der Waals surface area contributed by atoms with Gasteiger partial charge >= 0.3 is 23.9 Å². The minimum absolute atomic E-state index is 0.0593. The van der Waals surface area contributed by atoms with Gasteiger partial charge in [-0.1, -0.05) is 215 Å². The highest BCUT2D eigenvalue weighted by atomic mass is 16.5.